The van der Waals surface area contributed by atoms with Crippen LogP contribution in [0.5, 0.6) is 5.75 Å². The average Bonchev–Trinajstić information content (AvgIpc) is 2.77. The molecule has 0 bridgehead atoms. The van der Waals surface area contributed by atoms with Crippen molar-refractivity contribution in [3.05, 3.63) is 59.1 Å². The number of methoxy groups -OCH3 is 1. The van der Waals surface area contributed by atoms with Gasteiger partial charge in [-0.3, -0.25) is 4.79 Å². The first-order valence-corrected chi connectivity index (χ1v) is 12.4. The fourth-order valence-corrected chi connectivity index (χ4v) is 5.57. The quantitative estimate of drug-likeness (QED) is 0.607. The van der Waals surface area contributed by atoms with Crippen molar-refractivity contribution in [2.24, 2.45) is 0 Å². The molecule has 0 heterocycles. The normalized spacial score (nSPS) is 15.1. The molecule has 8 heteroatoms. The molecular formula is C23H29ClN2O4S. The van der Waals surface area contributed by atoms with Crippen LogP contribution in [0.4, 0.5) is 0 Å². The van der Waals surface area contributed by atoms with Gasteiger partial charge in [0.25, 0.3) is 0 Å². The summed E-state index contributed by atoms with van der Waals surface area (Å²) in [5, 5.41) is 3.22. The van der Waals surface area contributed by atoms with Crippen LogP contribution in [0.2, 0.25) is 5.02 Å². The molecule has 1 N–H and O–H groups in total. The van der Waals surface area contributed by atoms with Gasteiger partial charge in [0.05, 0.1) is 23.6 Å². The molecule has 2 aromatic carbocycles. The molecule has 0 saturated heterocycles. The lowest BCUT2D eigenvalue weighted by Gasteiger charge is -2.26. The summed E-state index contributed by atoms with van der Waals surface area (Å²) in [5.74, 6) is 0.120. The van der Waals surface area contributed by atoms with Gasteiger partial charge in [-0.05, 0) is 43.0 Å². The van der Waals surface area contributed by atoms with Crippen LogP contribution >= 0.6 is 11.6 Å². The SMILES string of the molecule is COc1ccc(S(=O)(=O)N(CCc2ccccc2)CC(=O)NC2CCCCC2)cc1Cl. The highest BCUT2D eigenvalue weighted by Gasteiger charge is 2.28. The van der Waals surface area contributed by atoms with Gasteiger partial charge in [-0.25, -0.2) is 8.42 Å². The second-order valence-corrected chi connectivity index (χ2v) is 10.1. The molecular weight excluding hydrogens is 436 g/mol. The molecule has 0 unspecified atom stereocenters. The number of amides is 1. The summed E-state index contributed by atoms with van der Waals surface area (Å²) in [6, 6.07) is 14.1. The van der Waals surface area contributed by atoms with E-state index in [4.69, 9.17) is 16.3 Å². The van der Waals surface area contributed by atoms with E-state index in [2.05, 4.69) is 5.32 Å². The van der Waals surface area contributed by atoms with Gasteiger partial charge in [0, 0.05) is 12.6 Å². The Hall–Kier alpha value is -2.09. The largest absolute Gasteiger partial charge is 0.495 e. The second-order valence-electron chi connectivity index (χ2n) is 7.77. The minimum Gasteiger partial charge on any atom is -0.495 e. The predicted molar refractivity (Wildman–Crippen MR) is 122 cm³/mol. The number of carbonyl (C=O) groups excluding carboxylic acids is 1. The van der Waals surface area contributed by atoms with E-state index in [1.165, 1.54) is 36.0 Å². The highest BCUT2D eigenvalue weighted by atomic mass is 35.5. The molecule has 2 aromatic rings. The molecule has 1 amide bonds. The molecule has 3 rings (SSSR count). The van der Waals surface area contributed by atoms with E-state index < -0.39 is 10.0 Å². The average molecular weight is 465 g/mol. The molecule has 0 spiro atoms. The fourth-order valence-electron chi connectivity index (χ4n) is 3.82. The Morgan fingerprint density at radius 2 is 1.84 bits per heavy atom. The summed E-state index contributed by atoms with van der Waals surface area (Å²) >= 11 is 6.16. The Morgan fingerprint density at radius 1 is 1.13 bits per heavy atom. The van der Waals surface area contributed by atoms with E-state index in [1.54, 1.807) is 0 Å². The van der Waals surface area contributed by atoms with E-state index in [-0.39, 0.29) is 35.0 Å². The summed E-state index contributed by atoms with van der Waals surface area (Å²) in [7, 11) is -2.45. The first-order chi connectivity index (χ1) is 14.9. The number of sulfonamides is 1. The van der Waals surface area contributed by atoms with Crippen LogP contribution in [0.3, 0.4) is 0 Å². The summed E-state index contributed by atoms with van der Waals surface area (Å²) < 4.78 is 33.1. The van der Waals surface area contributed by atoms with E-state index in [9.17, 15) is 13.2 Å². The van der Waals surface area contributed by atoms with Crippen molar-refractivity contribution < 1.29 is 17.9 Å². The number of rotatable bonds is 9. The van der Waals surface area contributed by atoms with Gasteiger partial charge in [0.1, 0.15) is 5.75 Å². The zero-order valence-electron chi connectivity index (χ0n) is 17.7. The van der Waals surface area contributed by atoms with Crippen LogP contribution in [0, 0.1) is 0 Å². The van der Waals surface area contributed by atoms with Crippen LogP contribution in [0.25, 0.3) is 0 Å². The number of ether oxygens (including phenoxy) is 1. The van der Waals surface area contributed by atoms with Crippen LogP contribution < -0.4 is 10.1 Å². The van der Waals surface area contributed by atoms with Gasteiger partial charge < -0.3 is 10.1 Å². The topological polar surface area (TPSA) is 75.7 Å². The maximum absolute atomic E-state index is 13.4. The minimum absolute atomic E-state index is 0.0387. The number of nitrogens with zero attached hydrogens (tertiary/aromatic N) is 1. The summed E-state index contributed by atoms with van der Waals surface area (Å²) in [5.41, 5.74) is 1.00. The zero-order chi connectivity index (χ0) is 22.3. The van der Waals surface area contributed by atoms with Gasteiger partial charge in [0.15, 0.2) is 0 Å². The number of halogens is 1. The smallest absolute Gasteiger partial charge is 0.243 e. The maximum atomic E-state index is 13.4. The first kappa shape index (κ1) is 23.6. The number of hydrogen-bond acceptors (Lipinski definition) is 4. The Labute approximate surface area is 189 Å². The second kappa shape index (κ2) is 11.0. The first-order valence-electron chi connectivity index (χ1n) is 10.6. The van der Waals surface area contributed by atoms with Gasteiger partial charge in [0.2, 0.25) is 15.9 Å². The third-order valence-corrected chi connectivity index (χ3v) is 7.68. The third kappa shape index (κ3) is 6.45. The molecule has 0 radical (unpaired) electrons. The molecule has 0 aliphatic heterocycles. The summed E-state index contributed by atoms with van der Waals surface area (Å²) in [6.07, 6.45) is 5.74. The van der Waals surface area contributed by atoms with E-state index in [0.29, 0.717) is 12.2 Å². The molecule has 6 nitrogen and oxygen atoms in total. The van der Waals surface area contributed by atoms with E-state index in [0.717, 1.165) is 31.2 Å². The Morgan fingerprint density at radius 3 is 2.48 bits per heavy atom. The van der Waals surface area contributed by atoms with Crippen LogP contribution in [-0.4, -0.2) is 44.9 Å². The predicted octanol–water partition coefficient (Wildman–Crippen LogP) is 4.03. The molecule has 1 fully saturated rings. The number of nitrogens with one attached hydrogen (secondary N) is 1. The van der Waals surface area contributed by atoms with Crippen molar-refractivity contribution in [3.63, 3.8) is 0 Å². The summed E-state index contributed by atoms with van der Waals surface area (Å²) in [4.78, 5) is 12.8. The third-order valence-electron chi connectivity index (χ3n) is 5.54. The van der Waals surface area contributed by atoms with E-state index >= 15 is 0 Å². The Balaban J connectivity index is 1.79. The highest BCUT2D eigenvalue weighted by Crippen LogP contribution is 2.28. The Bertz CT molecular complexity index is 976. The lowest BCUT2D eigenvalue weighted by molar-refractivity contribution is -0.122. The molecule has 1 aliphatic rings. The minimum atomic E-state index is -3.92. The Kier molecular flexibility index (Phi) is 8.35. The van der Waals surface area contributed by atoms with Crippen molar-refractivity contribution in [2.45, 2.75) is 49.5 Å². The van der Waals surface area contributed by atoms with Crippen molar-refractivity contribution >= 4 is 27.5 Å². The standard InChI is InChI=1S/C23H29ClN2O4S/c1-30-22-13-12-20(16-21(22)24)31(28,29)26(15-14-18-8-4-2-5-9-18)17-23(27)25-19-10-6-3-7-11-19/h2,4-5,8-9,12-13,16,19H,3,6-7,10-11,14-15,17H2,1H3,(H,25,27). The lowest BCUT2D eigenvalue weighted by Crippen LogP contribution is -2.45. The molecule has 1 saturated carbocycles. The summed E-state index contributed by atoms with van der Waals surface area (Å²) in [6.45, 7) is -0.0383. The molecule has 31 heavy (non-hydrogen) atoms. The van der Waals surface area contributed by atoms with Crippen LogP contribution in [0.15, 0.2) is 53.4 Å². The maximum Gasteiger partial charge on any atom is 0.243 e. The number of carbonyl (C=O) groups is 1. The van der Waals surface area contributed by atoms with Gasteiger partial charge in [-0.2, -0.15) is 4.31 Å². The number of hydrogen-bond donors (Lipinski definition) is 1. The van der Waals surface area contributed by atoms with E-state index in [1.807, 2.05) is 30.3 Å². The zero-order valence-corrected chi connectivity index (χ0v) is 19.3. The van der Waals surface area contributed by atoms with Crippen LogP contribution in [-0.2, 0) is 21.2 Å². The molecule has 1 aliphatic carbocycles. The molecule has 168 valence electrons. The van der Waals surface area contributed by atoms with Crippen molar-refractivity contribution in [3.8, 4) is 5.75 Å². The van der Waals surface area contributed by atoms with Crippen molar-refractivity contribution in [1.82, 2.24) is 9.62 Å². The molecule has 0 aromatic heterocycles. The lowest BCUT2D eigenvalue weighted by atomic mass is 9.95. The highest BCUT2D eigenvalue weighted by molar-refractivity contribution is 7.89. The molecule has 0 atom stereocenters. The van der Waals surface area contributed by atoms with Crippen molar-refractivity contribution in [1.29, 1.82) is 0 Å². The monoisotopic (exact) mass is 464 g/mol. The number of benzene rings is 2. The van der Waals surface area contributed by atoms with Crippen molar-refractivity contribution in [2.75, 3.05) is 20.2 Å². The fraction of sp³-hybridized carbons (Fsp3) is 0.435. The van der Waals surface area contributed by atoms with Gasteiger partial charge in [-0.15, -0.1) is 0 Å². The van der Waals surface area contributed by atoms with Crippen LogP contribution in [0.1, 0.15) is 37.7 Å². The van der Waals surface area contributed by atoms with Gasteiger partial charge >= 0.3 is 0 Å². The van der Waals surface area contributed by atoms with Gasteiger partial charge in [-0.1, -0.05) is 61.2 Å².